The molecule has 238 valence electrons. The number of amides is 3. The largest absolute Gasteiger partial charge is 0.486 e. The summed E-state index contributed by atoms with van der Waals surface area (Å²) >= 11 is 0. The summed E-state index contributed by atoms with van der Waals surface area (Å²) in [5.74, 6) is 0.00439. The lowest BCUT2D eigenvalue weighted by Gasteiger charge is -2.38. The summed E-state index contributed by atoms with van der Waals surface area (Å²) < 4.78 is 18.8. The molecule has 7 rings (SSSR count). The number of likely N-dealkylation sites (tertiary alicyclic amines) is 1. The van der Waals surface area contributed by atoms with E-state index in [0.29, 0.717) is 34.9 Å². The number of benzene rings is 2. The Labute approximate surface area is 264 Å². The topological polar surface area (TPSA) is 106 Å². The van der Waals surface area contributed by atoms with Gasteiger partial charge in [0.15, 0.2) is 17.6 Å². The van der Waals surface area contributed by atoms with Gasteiger partial charge in [0, 0.05) is 11.7 Å². The number of nitrogens with one attached hydrogen (secondary N) is 2. The van der Waals surface area contributed by atoms with E-state index in [1.165, 1.54) is 5.56 Å². The van der Waals surface area contributed by atoms with Gasteiger partial charge in [0.05, 0.1) is 24.5 Å². The fraction of sp³-hybridized carbons (Fsp3) is 0.528. The molecule has 3 fully saturated rings. The fourth-order valence-electron chi connectivity index (χ4n) is 8.06. The molecule has 2 aromatic rings. The molecule has 1 saturated carbocycles. The van der Waals surface area contributed by atoms with E-state index in [9.17, 15) is 14.4 Å². The molecule has 9 nitrogen and oxygen atoms in total. The highest BCUT2D eigenvalue weighted by Gasteiger charge is 2.73. The average Bonchev–Trinajstić information content (AvgIpc) is 3.67. The summed E-state index contributed by atoms with van der Waals surface area (Å²) in [6, 6.07) is 14.3. The highest BCUT2D eigenvalue weighted by Crippen LogP contribution is 2.55. The van der Waals surface area contributed by atoms with Crippen LogP contribution in [0.4, 0.5) is 5.69 Å². The first-order chi connectivity index (χ1) is 21.7. The third-order valence-corrected chi connectivity index (χ3v) is 10.8. The molecule has 0 radical (unpaired) electrons. The molecular weight excluding hydrogens is 570 g/mol. The zero-order valence-electron chi connectivity index (χ0n) is 26.4. The minimum absolute atomic E-state index is 0.00489. The number of fused-ring (bicyclic) bond motifs is 2. The molecule has 45 heavy (non-hydrogen) atoms. The molecular formula is C36H43N3O6. The molecule has 2 N–H and O–H groups in total. The van der Waals surface area contributed by atoms with Crippen molar-refractivity contribution in [2.45, 2.75) is 82.8 Å². The van der Waals surface area contributed by atoms with Crippen LogP contribution in [0.3, 0.4) is 0 Å². The maximum atomic E-state index is 14.5. The van der Waals surface area contributed by atoms with Gasteiger partial charge in [0.2, 0.25) is 17.7 Å². The molecule has 0 aromatic heterocycles. The lowest BCUT2D eigenvalue weighted by molar-refractivity contribution is -0.143. The number of hydrogen-bond donors (Lipinski definition) is 2. The van der Waals surface area contributed by atoms with Crippen LogP contribution in [-0.4, -0.2) is 65.7 Å². The second kappa shape index (κ2) is 11.5. The second-order valence-electron chi connectivity index (χ2n) is 13.8. The van der Waals surface area contributed by atoms with E-state index in [-0.39, 0.29) is 36.9 Å². The third-order valence-electron chi connectivity index (χ3n) is 10.8. The van der Waals surface area contributed by atoms with Crippen molar-refractivity contribution < 1.29 is 28.6 Å². The first-order valence-electron chi connectivity index (χ1n) is 16.4. The second-order valence-corrected chi connectivity index (χ2v) is 13.8. The summed E-state index contributed by atoms with van der Waals surface area (Å²) in [7, 11) is 0. The minimum atomic E-state index is -1.24. The molecule has 2 bridgehead atoms. The van der Waals surface area contributed by atoms with Crippen LogP contribution < -0.4 is 20.1 Å². The number of ether oxygens (including phenoxy) is 3. The first-order valence-corrected chi connectivity index (χ1v) is 16.4. The van der Waals surface area contributed by atoms with Crippen LogP contribution in [-0.2, 0) is 19.1 Å². The van der Waals surface area contributed by atoms with Gasteiger partial charge >= 0.3 is 0 Å². The predicted octanol–water partition coefficient (Wildman–Crippen LogP) is 4.68. The zero-order valence-corrected chi connectivity index (χ0v) is 26.4. The normalized spacial score (nSPS) is 34.6. The average molecular weight is 614 g/mol. The van der Waals surface area contributed by atoms with Crippen LogP contribution in [0, 0.1) is 23.7 Å². The Morgan fingerprint density at radius 1 is 1.02 bits per heavy atom. The molecule has 4 heterocycles. The summed E-state index contributed by atoms with van der Waals surface area (Å²) in [6.45, 7) is 9.02. The quantitative estimate of drug-likeness (QED) is 0.440. The maximum absolute atomic E-state index is 14.5. The standard InChI is InChI=1S/C36H43N3O6/c1-20(2)23-12-14-24(15-13-23)37-33(40)30-29-16-17-36(45-29)31(30)35(42)39(18-25-19-43-27-10-5-6-11-28(27)44-25)32(36)34(41)38-26-9-7-8-21(3)22(26)4/h5-6,10-17,20-22,25-26,29-32H,7-9,18-19H2,1-4H3,(H,37,40)(H,38,41)/t21-,22+,25-,26-,29-,30+,31-,32-,36-/m1/s1. The molecule has 2 saturated heterocycles. The van der Waals surface area contributed by atoms with Crippen LogP contribution in [0.1, 0.15) is 58.4 Å². The fourth-order valence-corrected chi connectivity index (χ4v) is 8.06. The van der Waals surface area contributed by atoms with Gasteiger partial charge in [-0.3, -0.25) is 14.4 Å². The van der Waals surface area contributed by atoms with Crippen molar-refractivity contribution in [2.75, 3.05) is 18.5 Å². The Hall–Kier alpha value is -3.85. The van der Waals surface area contributed by atoms with Crippen molar-refractivity contribution in [1.82, 2.24) is 10.2 Å². The van der Waals surface area contributed by atoms with E-state index >= 15 is 0 Å². The van der Waals surface area contributed by atoms with Crippen LogP contribution in [0.5, 0.6) is 11.5 Å². The third kappa shape index (κ3) is 5.09. The van der Waals surface area contributed by atoms with Crippen molar-refractivity contribution in [3.8, 4) is 11.5 Å². The van der Waals surface area contributed by atoms with Gasteiger partial charge in [0.1, 0.15) is 18.2 Å². The number of nitrogens with zero attached hydrogens (tertiary/aromatic N) is 1. The molecule has 1 aliphatic carbocycles. The Kier molecular flexibility index (Phi) is 7.63. The molecule has 9 atom stereocenters. The van der Waals surface area contributed by atoms with E-state index < -0.39 is 35.7 Å². The summed E-state index contributed by atoms with van der Waals surface area (Å²) in [4.78, 5) is 44.3. The summed E-state index contributed by atoms with van der Waals surface area (Å²) in [5, 5.41) is 6.34. The van der Waals surface area contributed by atoms with Crippen molar-refractivity contribution in [3.05, 3.63) is 66.2 Å². The van der Waals surface area contributed by atoms with Crippen LogP contribution in [0.15, 0.2) is 60.7 Å². The van der Waals surface area contributed by atoms with E-state index in [4.69, 9.17) is 14.2 Å². The van der Waals surface area contributed by atoms with E-state index in [1.807, 2.05) is 60.7 Å². The Morgan fingerprint density at radius 3 is 2.53 bits per heavy atom. The van der Waals surface area contributed by atoms with Crippen LogP contribution >= 0.6 is 0 Å². The number of hydrogen-bond acceptors (Lipinski definition) is 6. The minimum Gasteiger partial charge on any atom is -0.486 e. The van der Waals surface area contributed by atoms with E-state index in [1.54, 1.807) is 4.90 Å². The number of para-hydroxylation sites is 2. The molecule has 0 unspecified atom stereocenters. The first kappa shape index (κ1) is 29.8. The highest BCUT2D eigenvalue weighted by molar-refractivity contribution is 6.02. The highest BCUT2D eigenvalue weighted by atomic mass is 16.6. The number of carbonyl (C=O) groups excluding carboxylic acids is 3. The Morgan fingerprint density at radius 2 is 1.78 bits per heavy atom. The van der Waals surface area contributed by atoms with Gasteiger partial charge in [-0.15, -0.1) is 0 Å². The SMILES string of the molecule is CC(C)c1ccc(NC(=O)[C@H]2[C@H]3C=C[C@@]4(O3)[C@H]2C(=O)N(C[C@@H]2COc3ccccc3O2)[C@@H]4C(=O)N[C@@H]2CCC[C@@H](C)[C@@H]2C)cc1. The van der Waals surface area contributed by atoms with Crippen molar-refractivity contribution >= 4 is 23.4 Å². The number of carbonyl (C=O) groups is 3. The lowest BCUT2D eigenvalue weighted by atomic mass is 9.73. The van der Waals surface area contributed by atoms with Gasteiger partial charge in [-0.05, 0) is 54.0 Å². The van der Waals surface area contributed by atoms with Crippen LogP contribution in [0.25, 0.3) is 0 Å². The van der Waals surface area contributed by atoms with Gasteiger partial charge < -0.3 is 29.7 Å². The Bertz CT molecular complexity index is 1510. The van der Waals surface area contributed by atoms with E-state index in [0.717, 1.165) is 19.3 Å². The summed E-state index contributed by atoms with van der Waals surface area (Å²) in [5.41, 5.74) is 0.590. The van der Waals surface area contributed by atoms with Gasteiger partial charge in [0.25, 0.3) is 0 Å². The zero-order chi connectivity index (χ0) is 31.5. The molecule has 4 aliphatic heterocycles. The van der Waals surface area contributed by atoms with Crippen molar-refractivity contribution in [2.24, 2.45) is 23.7 Å². The van der Waals surface area contributed by atoms with Crippen molar-refractivity contribution in [1.29, 1.82) is 0 Å². The molecule has 9 heteroatoms. The predicted molar refractivity (Wildman–Crippen MR) is 169 cm³/mol. The number of anilines is 1. The van der Waals surface area contributed by atoms with Gasteiger partial charge in [-0.1, -0.05) is 77.0 Å². The molecule has 3 amide bonds. The summed E-state index contributed by atoms with van der Waals surface area (Å²) in [6.07, 6.45) is 5.69. The molecule has 5 aliphatic rings. The van der Waals surface area contributed by atoms with Gasteiger partial charge in [-0.2, -0.15) is 0 Å². The molecule has 1 spiro atoms. The van der Waals surface area contributed by atoms with Crippen LogP contribution in [0.2, 0.25) is 0 Å². The van der Waals surface area contributed by atoms with E-state index in [2.05, 4.69) is 38.3 Å². The Balaban J connectivity index is 1.17. The smallest absolute Gasteiger partial charge is 0.246 e. The van der Waals surface area contributed by atoms with Gasteiger partial charge in [-0.25, -0.2) is 0 Å². The van der Waals surface area contributed by atoms with Crippen molar-refractivity contribution in [3.63, 3.8) is 0 Å². The molecule has 2 aromatic carbocycles. The maximum Gasteiger partial charge on any atom is 0.246 e. The lowest BCUT2D eigenvalue weighted by Crippen LogP contribution is -2.59. The number of rotatable bonds is 7. The monoisotopic (exact) mass is 613 g/mol.